The van der Waals surface area contributed by atoms with Crippen LogP contribution in [0, 0.1) is 0 Å². The molecule has 21 heavy (non-hydrogen) atoms. The van der Waals surface area contributed by atoms with Gasteiger partial charge in [0.05, 0.1) is 6.61 Å². The van der Waals surface area contributed by atoms with Gasteiger partial charge >= 0.3 is 5.97 Å². The molecule has 0 spiro atoms. The van der Waals surface area contributed by atoms with Gasteiger partial charge in [-0.05, 0) is 66.2 Å². The van der Waals surface area contributed by atoms with Crippen molar-refractivity contribution >= 4 is 39.2 Å². The molecule has 1 aromatic carbocycles. The number of rotatable bonds is 5. The molecule has 112 valence electrons. The minimum Gasteiger partial charge on any atom is -0.464 e. The predicted octanol–water partition coefficient (Wildman–Crippen LogP) is 4.59. The Labute approximate surface area is 136 Å². The molecule has 0 saturated heterocycles. The molecule has 0 aliphatic rings. The number of nitrogens with one attached hydrogen (secondary N) is 1. The summed E-state index contributed by atoms with van der Waals surface area (Å²) < 4.78 is 11.3. The molecule has 1 aromatic heterocycles. The van der Waals surface area contributed by atoms with Crippen LogP contribution in [0.4, 0.5) is 5.69 Å². The molecule has 0 bridgehead atoms. The number of carbonyl (C=O) groups is 1. The monoisotopic (exact) mass is 371 g/mol. The molecular formula is C15H15BrClNO3. The number of ether oxygens (including phenoxy) is 1. The average Bonchev–Trinajstić information content (AvgIpc) is 2.89. The Bertz CT molecular complexity index is 626. The summed E-state index contributed by atoms with van der Waals surface area (Å²) in [4.78, 5) is 12.4. The fourth-order valence-corrected chi connectivity index (χ4v) is 2.33. The highest BCUT2D eigenvalue weighted by Crippen LogP contribution is 2.31. The van der Waals surface area contributed by atoms with Gasteiger partial charge in [0.1, 0.15) is 5.76 Å². The summed E-state index contributed by atoms with van der Waals surface area (Å²) in [6.07, 6.45) is 0. The fraction of sp³-hybridized carbons (Fsp3) is 0.267. The lowest BCUT2D eigenvalue weighted by molar-refractivity contribution is -0.149. The highest BCUT2D eigenvalue weighted by Gasteiger charge is 2.40. The van der Waals surface area contributed by atoms with Gasteiger partial charge in [-0.1, -0.05) is 11.6 Å². The molecule has 1 N–H and O–H groups in total. The van der Waals surface area contributed by atoms with E-state index in [9.17, 15) is 4.79 Å². The maximum Gasteiger partial charge on any atom is 0.339 e. The largest absolute Gasteiger partial charge is 0.464 e. The third-order valence-electron chi connectivity index (χ3n) is 2.99. The summed E-state index contributed by atoms with van der Waals surface area (Å²) in [5.74, 6) is 0.0459. The van der Waals surface area contributed by atoms with Crippen LogP contribution in [0.3, 0.4) is 0 Å². The molecule has 2 rings (SSSR count). The van der Waals surface area contributed by atoms with Gasteiger partial charge in [-0.3, -0.25) is 0 Å². The third kappa shape index (κ3) is 3.60. The van der Waals surface area contributed by atoms with Crippen LogP contribution in [0.2, 0.25) is 5.02 Å². The number of halogens is 2. The second-order valence-corrected chi connectivity index (χ2v) is 5.80. The Morgan fingerprint density at radius 1 is 1.33 bits per heavy atom. The Hall–Kier alpha value is -1.46. The summed E-state index contributed by atoms with van der Waals surface area (Å²) in [5, 5.41) is 3.77. The van der Waals surface area contributed by atoms with Gasteiger partial charge in [0, 0.05) is 10.7 Å². The van der Waals surface area contributed by atoms with E-state index in [4.69, 9.17) is 20.8 Å². The van der Waals surface area contributed by atoms with E-state index in [1.54, 1.807) is 50.2 Å². The Kier molecular flexibility index (Phi) is 4.96. The molecule has 0 amide bonds. The van der Waals surface area contributed by atoms with E-state index in [1.165, 1.54) is 0 Å². The second-order valence-electron chi connectivity index (χ2n) is 4.58. The number of carbonyl (C=O) groups excluding carboxylic acids is 1. The summed E-state index contributed by atoms with van der Waals surface area (Å²) in [6.45, 7) is 3.77. The first kappa shape index (κ1) is 15.9. The molecule has 1 atom stereocenters. The van der Waals surface area contributed by atoms with Crippen molar-refractivity contribution in [3.8, 4) is 0 Å². The first-order valence-electron chi connectivity index (χ1n) is 6.42. The maximum absolute atomic E-state index is 12.4. The summed E-state index contributed by atoms with van der Waals surface area (Å²) >= 11 is 9.12. The molecule has 0 saturated carbocycles. The van der Waals surface area contributed by atoms with E-state index in [-0.39, 0.29) is 0 Å². The first-order chi connectivity index (χ1) is 9.95. The molecule has 6 heteroatoms. The molecule has 1 heterocycles. The second kappa shape index (κ2) is 6.54. The van der Waals surface area contributed by atoms with Crippen LogP contribution in [-0.2, 0) is 15.1 Å². The van der Waals surface area contributed by atoms with Crippen LogP contribution in [-0.4, -0.2) is 12.6 Å². The zero-order chi connectivity index (χ0) is 15.5. The zero-order valence-corrected chi connectivity index (χ0v) is 14.0. The van der Waals surface area contributed by atoms with E-state index in [0.29, 0.717) is 22.1 Å². The van der Waals surface area contributed by atoms with E-state index < -0.39 is 11.5 Å². The average molecular weight is 373 g/mol. The van der Waals surface area contributed by atoms with Crippen molar-refractivity contribution in [2.24, 2.45) is 0 Å². The van der Waals surface area contributed by atoms with E-state index in [1.807, 2.05) is 0 Å². The number of hydrogen-bond acceptors (Lipinski definition) is 4. The van der Waals surface area contributed by atoms with Crippen molar-refractivity contribution < 1.29 is 13.9 Å². The van der Waals surface area contributed by atoms with Crippen LogP contribution < -0.4 is 5.32 Å². The van der Waals surface area contributed by atoms with Gasteiger partial charge in [-0.25, -0.2) is 4.79 Å². The number of esters is 1. The van der Waals surface area contributed by atoms with E-state index in [2.05, 4.69) is 21.2 Å². The molecule has 0 radical (unpaired) electrons. The quantitative estimate of drug-likeness (QED) is 0.780. The minimum absolute atomic E-state index is 0.290. The number of benzene rings is 1. The van der Waals surface area contributed by atoms with Crippen molar-refractivity contribution in [3.05, 3.63) is 51.9 Å². The van der Waals surface area contributed by atoms with Gasteiger partial charge in [-0.2, -0.15) is 0 Å². The van der Waals surface area contributed by atoms with Gasteiger partial charge in [0.25, 0.3) is 0 Å². The van der Waals surface area contributed by atoms with Crippen molar-refractivity contribution in [1.82, 2.24) is 0 Å². The summed E-state index contributed by atoms with van der Waals surface area (Å²) in [5.41, 5.74) is -0.391. The highest BCUT2D eigenvalue weighted by molar-refractivity contribution is 9.10. The van der Waals surface area contributed by atoms with Crippen LogP contribution in [0.25, 0.3) is 0 Å². The minimum atomic E-state index is -1.13. The molecule has 1 unspecified atom stereocenters. The van der Waals surface area contributed by atoms with Gasteiger partial charge in [0.2, 0.25) is 0 Å². The molecule has 4 nitrogen and oxygen atoms in total. The molecule has 0 aliphatic heterocycles. The number of hydrogen-bond donors (Lipinski definition) is 1. The Morgan fingerprint density at radius 2 is 2.00 bits per heavy atom. The molecule has 0 fully saturated rings. The number of anilines is 1. The van der Waals surface area contributed by atoms with Gasteiger partial charge in [0.15, 0.2) is 10.2 Å². The number of furan rings is 1. The van der Waals surface area contributed by atoms with Gasteiger partial charge < -0.3 is 14.5 Å². The van der Waals surface area contributed by atoms with Gasteiger partial charge in [-0.15, -0.1) is 0 Å². The van der Waals surface area contributed by atoms with Crippen molar-refractivity contribution in [1.29, 1.82) is 0 Å². The van der Waals surface area contributed by atoms with Crippen molar-refractivity contribution in [3.63, 3.8) is 0 Å². The fourth-order valence-electron chi connectivity index (χ4n) is 1.89. The lowest BCUT2D eigenvalue weighted by Crippen LogP contribution is -2.41. The maximum atomic E-state index is 12.4. The Morgan fingerprint density at radius 3 is 2.52 bits per heavy atom. The van der Waals surface area contributed by atoms with Crippen molar-refractivity contribution in [2.45, 2.75) is 19.4 Å². The Balaban J connectivity index is 2.36. The van der Waals surface area contributed by atoms with Crippen LogP contribution in [0.5, 0.6) is 0 Å². The smallest absolute Gasteiger partial charge is 0.339 e. The van der Waals surface area contributed by atoms with Crippen LogP contribution >= 0.6 is 27.5 Å². The van der Waals surface area contributed by atoms with E-state index in [0.717, 1.165) is 5.69 Å². The van der Waals surface area contributed by atoms with Crippen LogP contribution in [0.1, 0.15) is 19.6 Å². The lowest BCUT2D eigenvalue weighted by atomic mass is 9.98. The van der Waals surface area contributed by atoms with Crippen LogP contribution in [0.15, 0.2) is 45.5 Å². The molecular weight excluding hydrogens is 358 g/mol. The highest BCUT2D eigenvalue weighted by atomic mass is 79.9. The van der Waals surface area contributed by atoms with E-state index >= 15 is 0 Å². The predicted molar refractivity (Wildman–Crippen MR) is 85.5 cm³/mol. The third-order valence-corrected chi connectivity index (χ3v) is 3.67. The summed E-state index contributed by atoms with van der Waals surface area (Å²) in [7, 11) is 0. The standard InChI is InChI=1S/C15H15BrClNO3/c1-3-20-14(19)15(2,12-8-9-13(16)21-12)18-11-6-4-10(17)5-7-11/h4-9,18H,3H2,1-2H3. The first-order valence-corrected chi connectivity index (χ1v) is 7.59. The molecule has 0 aliphatic carbocycles. The molecule has 2 aromatic rings. The topological polar surface area (TPSA) is 51.5 Å². The lowest BCUT2D eigenvalue weighted by Gasteiger charge is -2.27. The summed E-state index contributed by atoms with van der Waals surface area (Å²) in [6, 6.07) is 10.5. The SMILES string of the molecule is CCOC(=O)C(C)(Nc1ccc(Cl)cc1)c1ccc(Br)o1. The zero-order valence-electron chi connectivity index (χ0n) is 11.7. The normalized spacial score (nSPS) is 13.5. The van der Waals surface area contributed by atoms with Crippen molar-refractivity contribution in [2.75, 3.05) is 11.9 Å².